The highest BCUT2D eigenvalue weighted by molar-refractivity contribution is 5.95. The molecular weight excluding hydrogens is 333 g/mol. The van der Waals surface area contributed by atoms with E-state index < -0.39 is 0 Å². The molecule has 0 spiro atoms. The molecule has 1 saturated carbocycles. The van der Waals surface area contributed by atoms with Crippen molar-refractivity contribution in [1.29, 1.82) is 0 Å². The minimum absolute atomic E-state index is 0.0708. The number of rotatable bonds is 5. The first-order chi connectivity index (χ1) is 12.7. The van der Waals surface area contributed by atoms with Gasteiger partial charge < -0.3 is 10.1 Å². The number of carbonyl (C=O) groups is 1. The minimum atomic E-state index is -0.329. The molecule has 0 atom stereocenters. The van der Waals surface area contributed by atoms with Crippen LogP contribution in [0.1, 0.15) is 23.2 Å². The molecule has 0 bridgehead atoms. The Morgan fingerprint density at radius 2 is 1.85 bits per heavy atom. The summed E-state index contributed by atoms with van der Waals surface area (Å²) in [6, 6.07) is 16.7. The maximum absolute atomic E-state index is 12.9. The van der Waals surface area contributed by atoms with Gasteiger partial charge in [0.05, 0.1) is 5.69 Å². The first-order valence-electron chi connectivity index (χ1n) is 8.36. The van der Waals surface area contributed by atoms with Crippen LogP contribution in [0, 0.1) is 5.82 Å². The molecule has 0 radical (unpaired) electrons. The Kier molecular flexibility index (Phi) is 4.31. The number of halogens is 1. The highest BCUT2D eigenvalue weighted by atomic mass is 19.1. The monoisotopic (exact) mass is 349 g/mol. The minimum Gasteiger partial charge on any atom is -0.438 e. The van der Waals surface area contributed by atoms with Crippen LogP contribution in [0.25, 0.3) is 11.3 Å². The van der Waals surface area contributed by atoms with Crippen molar-refractivity contribution in [2.45, 2.75) is 18.9 Å². The van der Waals surface area contributed by atoms with E-state index in [2.05, 4.69) is 15.5 Å². The highest BCUT2D eigenvalue weighted by Gasteiger charge is 2.23. The molecule has 26 heavy (non-hydrogen) atoms. The Hall–Kier alpha value is -3.28. The van der Waals surface area contributed by atoms with Crippen LogP contribution >= 0.6 is 0 Å². The third kappa shape index (κ3) is 3.85. The van der Waals surface area contributed by atoms with Crippen molar-refractivity contribution >= 4 is 5.91 Å². The van der Waals surface area contributed by atoms with Crippen LogP contribution in [0.2, 0.25) is 0 Å². The van der Waals surface area contributed by atoms with Gasteiger partial charge in [-0.25, -0.2) is 4.39 Å². The fraction of sp³-hybridized carbons (Fsp3) is 0.150. The number of benzene rings is 2. The summed E-state index contributed by atoms with van der Waals surface area (Å²) in [6.45, 7) is 0. The molecule has 1 amide bonds. The fourth-order valence-electron chi connectivity index (χ4n) is 2.47. The van der Waals surface area contributed by atoms with E-state index in [9.17, 15) is 9.18 Å². The number of hydrogen-bond donors (Lipinski definition) is 1. The van der Waals surface area contributed by atoms with E-state index in [0.717, 1.165) is 18.4 Å². The van der Waals surface area contributed by atoms with E-state index >= 15 is 0 Å². The van der Waals surface area contributed by atoms with Crippen LogP contribution in [0.3, 0.4) is 0 Å². The summed E-state index contributed by atoms with van der Waals surface area (Å²) < 4.78 is 18.4. The maximum atomic E-state index is 12.9. The van der Waals surface area contributed by atoms with Crippen LogP contribution in [-0.2, 0) is 0 Å². The second-order valence-electron chi connectivity index (χ2n) is 6.14. The largest absolute Gasteiger partial charge is 0.438 e. The second kappa shape index (κ2) is 6.92. The van der Waals surface area contributed by atoms with Gasteiger partial charge in [-0.15, -0.1) is 10.2 Å². The predicted octanol–water partition coefficient (Wildman–Crippen LogP) is 3.97. The summed E-state index contributed by atoms with van der Waals surface area (Å²) in [5.41, 5.74) is 2.04. The normalized spacial score (nSPS) is 13.3. The predicted molar refractivity (Wildman–Crippen MR) is 94.4 cm³/mol. The van der Waals surface area contributed by atoms with Crippen LogP contribution < -0.4 is 10.1 Å². The van der Waals surface area contributed by atoms with Gasteiger partial charge >= 0.3 is 0 Å². The van der Waals surface area contributed by atoms with Crippen LogP contribution in [0.5, 0.6) is 11.6 Å². The summed E-state index contributed by atoms with van der Waals surface area (Å²) in [5.74, 6) is 0.387. The second-order valence-corrected chi connectivity index (χ2v) is 6.14. The molecule has 0 unspecified atom stereocenters. The fourth-order valence-corrected chi connectivity index (χ4v) is 2.47. The van der Waals surface area contributed by atoms with Gasteiger partial charge in [0, 0.05) is 23.2 Å². The number of ether oxygens (including phenoxy) is 1. The maximum Gasteiger partial charge on any atom is 0.251 e. The van der Waals surface area contributed by atoms with Crippen molar-refractivity contribution in [3.63, 3.8) is 0 Å². The third-order valence-corrected chi connectivity index (χ3v) is 4.01. The SMILES string of the molecule is O=C(NC1CC1)c1cccc(-c2ccc(Oc3ccc(F)cc3)nn2)c1. The van der Waals surface area contributed by atoms with Crippen molar-refractivity contribution in [3.05, 3.63) is 72.0 Å². The van der Waals surface area contributed by atoms with Gasteiger partial charge in [0.2, 0.25) is 5.88 Å². The zero-order valence-electron chi connectivity index (χ0n) is 13.9. The summed E-state index contributed by atoms with van der Waals surface area (Å²) in [5, 5.41) is 11.2. The summed E-state index contributed by atoms with van der Waals surface area (Å²) >= 11 is 0. The van der Waals surface area contributed by atoms with Gasteiger partial charge in [-0.05, 0) is 55.3 Å². The smallest absolute Gasteiger partial charge is 0.251 e. The quantitative estimate of drug-likeness (QED) is 0.757. The highest BCUT2D eigenvalue weighted by Crippen LogP contribution is 2.23. The van der Waals surface area contributed by atoms with Gasteiger partial charge in [-0.1, -0.05) is 12.1 Å². The molecule has 1 aliphatic carbocycles. The molecule has 4 rings (SSSR count). The topological polar surface area (TPSA) is 64.1 Å². The first-order valence-corrected chi connectivity index (χ1v) is 8.36. The van der Waals surface area contributed by atoms with Gasteiger partial charge in [0.25, 0.3) is 5.91 Å². The molecule has 3 aromatic rings. The molecular formula is C20H16FN3O2. The van der Waals surface area contributed by atoms with Crippen molar-refractivity contribution < 1.29 is 13.9 Å². The van der Waals surface area contributed by atoms with Gasteiger partial charge in [0.15, 0.2) is 0 Å². The van der Waals surface area contributed by atoms with Gasteiger partial charge in [0.1, 0.15) is 11.6 Å². The van der Waals surface area contributed by atoms with E-state index in [4.69, 9.17) is 4.74 Å². The Bertz CT molecular complexity index is 923. The van der Waals surface area contributed by atoms with E-state index in [1.807, 2.05) is 12.1 Å². The average molecular weight is 349 g/mol. The summed E-state index contributed by atoms with van der Waals surface area (Å²) in [6.07, 6.45) is 2.10. The van der Waals surface area contributed by atoms with E-state index in [1.54, 1.807) is 24.3 Å². The van der Waals surface area contributed by atoms with Crippen LogP contribution in [0.15, 0.2) is 60.7 Å². The lowest BCUT2D eigenvalue weighted by atomic mass is 10.1. The zero-order chi connectivity index (χ0) is 17.9. The van der Waals surface area contributed by atoms with Crippen molar-refractivity contribution in [2.24, 2.45) is 0 Å². The van der Waals surface area contributed by atoms with Crippen molar-refractivity contribution in [3.8, 4) is 22.9 Å². The zero-order valence-corrected chi connectivity index (χ0v) is 13.9. The Balaban J connectivity index is 1.49. The Morgan fingerprint density at radius 3 is 2.54 bits per heavy atom. The molecule has 6 heteroatoms. The number of nitrogens with one attached hydrogen (secondary N) is 1. The number of carbonyl (C=O) groups excluding carboxylic acids is 1. The number of amides is 1. The molecule has 1 fully saturated rings. The average Bonchev–Trinajstić information content (AvgIpc) is 3.48. The van der Waals surface area contributed by atoms with E-state index in [0.29, 0.717) is 28.9 Å². The summed E-state index contributed by atoms with van der Waals surface area (Å²) in [7, 11) is 0. The molecule has 0 saturated heterocycles. The lowest BCUT2D eigenvalue weighted by Gasteiger charge is -2.07. The Labute approximate surface area is 149 Å². The molecule has 5 nitrogen and oxygen atoms in total. The number of aromatic nitrogens is 2. The number of nitrogens with zero attached hydrogens (tertiary/aromatic N) is 2. The molecule has 1 heterocycles. The van der Waals surface area contributed by atoms with E-state index in [1.165, 1.54) is 24.3 Å². The lowest BCUT2D eigenvalue weighted by molar-refractivity contribution is 0.0951. The molecule has 1 aliphatic rings. The van der Waals surface area contributed by atoms with Crippen LogP contribution in [-0.4, -0.2) is 22.1 Å². The molecule has 1 N–H and O–H groups in total. The standard InChI is InChI=1S/C20H16FN3O2/c21-15-4-8-17(9-5-15)26-19-11-10-18(23-24-19)13-2-1-3-14(12-13)20(25)22-16-6-7-16/h1-5,8-12,16H,6-7H2,(H,22,25). The van der Waals surface area contributed by atoms with Crippen LogP contribution in [0.4, 0.5) is 4.39 Å². The summed E-state index contributed by atoms with van der Waals surface area (Å²) in [4.78, 5) is 12.2. The molecule has 0 aliphatic heterocycles. The lowest BCUT2D eigenvalue weighted by Crippen LogP contribution is -2.25. The van der Waals surface area contributed by atoms with Gasteiger partial charge in [-0.3, -0.25) is 4.79 Å². The van der Waals surface area contributed by atoms with Gasteiger partial charge in [-0.2, -0.15) is 0 Å². The van der Waals surface area contributed by atoms with Crippen molar-refractivity contribution in [2.75, 3.05) is 0 Å². The molecule has 130 valence electrons. The third-order valence-electron chi connectivity index (χ3n) is 4.01. The van der Waals surface area contributed by atoms with Crippen molar-refractivity contribution in [1.82, 2.24) is 15.5 Å². The van der Waals surface area contributed by atoms with E-state index in [-0.39, 0.29) is 11.7 Å². The molecule has 1 aromatic heterocycles. The number of hydrogen-bond acceptors (Lipinski definition) is 4. The molecule has 2 aromatic carbocycles. The first kappa shape index (κ1) is 16.2. The Morgan fingerprint density at radius 1 is 1.04 bits per heavy atom.